The lowest BCUT2D eigenvalue weighted by Gasteiger charge is -2.20. The highest BCUT2D eigenvalue weighted by atomic mass is 16.5. The molecule has 0 aliphatic heterocycles. The van der Waals surface area contributed by atoms with Crippen LogP contribution in [0.4, 0.5) is 0 Å². The molecule has 0 fully saturated rings. The van der Waals surface area contributed by atoms with Crippen LogP contribution in [0.5, 0.6) is 0 Å². The largest absolute Gasteiger partial charge is 0.463 e. The lowest BCUT2D eigenvalue weighted by Crippen LogP contribution is -2.38. The van der Waals surface area contributed by atoms with Gasteiger partial charge in [0.15, 0.2) is 5.69 Å². The number of rotatable bonds is 4. The standard InChI is InChI=1S/C16H22N2O4/c1-10-6-7-12(21-10)16(5,20)9-17-14(19)11-8-13(22-18-11)15(2,3)4/h6-8,20H,9H2,1-5H3,(H,17,19). The van der Waals surface area contributed by atoms with Gasteiger partial charge in [0.05, 0.1) is 6.54 Å². The fourth-order valence-corrected chi connectivity index (χ4v) is 1.89. The third-order valence-electron chi connectivity index (χ3n) is 3.35. The zero-order valence-electron chi connectivity index (χ0n) is 13.6. The Morgan fingerprint density at radius 2 is 1.95 bits per heavy atom. The highest BCUT2D eigenvalue weighted by Gasteiger charge is 2.28. The number of carbonyl (C=O) groups excluding carboxylic acids is 1. The van der Waals surface area contributed by atoms with Gasteiger partial charge in [0.25, 0.3) is 5.91 Å². The minimum atomic E-state index is -1.29. The zero-order chi connectivity index (χ0) is 16.5. The van der Waals surface area contributed by atoms with Crippen LogP contribution in [0.15, 0.2) is 27.1 Å². The van der Waals surface area contributed by atoms with E-state index >= 15 is 0 Å². The molecule has 0 radical (unpaired) electrons. The van der Waals surface area contributed by atoms with Crippen LogP contribution in [-0.2, 0) is 11.0 Å². The van der Waals surface area contributed by atoms with Crippen molar-refractivity contribution in [3.05, 3.63) is 41.2 Å². The molecule has 0 aromatic carbocycles. The zero-order valence-corrected chi connectivity index (χ0v) is 13.6. The lowest BCUT2D eigenvalue weighted by molar-refractivity contribution is 0.0322. The topological polar surface area (TPSA) is 88.5 Å². The maximum Gasteiger partial charge on any atom is 0.273 e. The molecule has 0 saturated heterocycles. The molecule has 2 aromatic heterocycles. The maximum atomic E-state index is 12.1. The van der Waals surface area contributed by atoms with Crippen molar-refractivity contribution in [1.29, 1.82) is 0 Å². The Morgan fingerprint density at radius 3 is 2.45 bits per heavy atom. The molecule has 0 aliphatic carbocycles. The second-order valence-corrected chi connectivity index (χ2v) is 6.69. The number of furan rings is 1. The summed E-state index contributed by atoms with van der Waals surface area (Å²) >= 11 is 0. The van der Waals surface area contributed by atoms with E-state index in [1.54, 1.807) is 32.0 Å². The Labute approximate surface area is 129 Å². The van der Waals surface area contributed by atoms with Crippen LogP contribution < -0.4 is 5.32 Å². The molecule has 120 valence electrons. The summed E-state index contributed by atoms with van der Waals surface area (Å²) in [4.78, 5) is 12.1. The van der Waals surface area contributed by atoms with Crippen LogP contribution in [0.3, 0.4) is 0 Å². The second-order valence-electron chi connectivity index (χ2n) is 6.69. The summed E-state index contributed by atoms with van der Waals surface area (Å²) in [5, 5.41) is 16.8. The number of aryl methyl sites for hydroxylation is 1. The van der Waals surface area contributed by atoms with Crippen LogP contribution in [0.25, 0.3) is 0 Å². The van der Waals surface area contributed by atoms with Crippen LogP contribution in [0.2, 0.25) is 0 Å². The molecule has 1 atom stereocenters. The maximum absolute atomic E-state index is 12.1. The van der Waals surface area contributed by atoms with Gasteiger partial charge in [-0.2, -0.15) is 0 Å². The quantitative estimate of drug-likeness (QED) is 0.906. The number of carbonyl (C=O) groups is 1. The summed E-state index contributed by atoms with van der Waals surface area (Å²) in [5.41, 5.74) is -1.32. The van der Waals surface area contributed by atoms with Gasteiger partial charge in [-0.05, 0) is 26.0 Å². The predicted octanol–water partition coefficient (Wildman–Crippen LogP) is 2.51. The third-order valence-corrected chi connectivity index (χ3v) is 3.35. The minimum absolute atomic E-state index is 0.0104. The van der Waals surface area contributed by atoms with Crippen molar-refractivity contribution in [2.45, 2.75) is 45.6 Å². The normalized spacial score (nSPS) is 14.6. The molecule has 6 heteroatoms. The van der Waals surface area contributed by atoms with E-state index in [0.29, 0.717) is 17.3 Å². The molecule has 0 aliphatic rings. The van der Waals surface area contributed by atoms with Crippen molar-refractivity contribution in [1.82, 2.24) is 10.5 Å². The summed E-state index contributed by atoms with van der Waals surface area (Å²) in [6, 6.07) is 5.06. The smallest absolute Gasteiger partial charge is 0.273 e. The molecule has 2 N–H and O–H groups in total. The number of hydrogen-bond donors (Lipinski definition) is 2. The summed E-state index contributed by atoms with van der Waals surface area (Å²) in [5.74, 6) is 1.34. The van der Waals surface area contributed by atoms with E-state index in [4.69, 9.17) is 8.94 Å². The first-order valence-electron chi connectivity index (χ1n) is 7.14. The van der Waals surface area contributed by atoms with Crippen molar-refractivity contribution in [3.8, 4) is 0 Å². The van der Waals surface area contributed by atoms with E-state index in [1.807, 2.05) is 20.8 Å². The number of aromatic nitrogens is 1. The van der Waals surface area contributed by atoms with Crippen LogP contribution in [0, 0.1) is 6.92 Å². The molecule has 2 heterocycles. The number of nitrogens with one attached hydrogen (secondary N) is 1. The molecule has 1 amide bonds. The van der Waals surface area contributed by atoms with Gasteiger partial charge >= 0.3 is 0 Å². The van der Waals surface area contributed by atoms with Gasteiger partial charge in [0.1, 0.15) is 22.9 Å². The molecular weight excluding hydrogens is 284 g/mol. The van der Waals surface area contributed by atoms with E-state index in [2.05, 4.69) is 10.5 Å². The Hall–Kier alpha value is -2.08. The van der Waals surface area contributed by atoms with E-state index in [-0.39, 0.29) is 17.7 Å². The summed E-state index contributed by atoms with van der Waals surface area (Å²) < 4.78 is 10.6. The van der Waals surface area contributed by atoms with Crippen LogP contribution in [-0.4, -0.2) is 22.7 Å². The van der Waals surface area contributed by atoms with Gasteiger partial charge in [0.2, 0.25) is 0 Å². The van der Waals surface area contributed by atoms with E-state index in [1.165, 1.54) is 0 Å². The summed E-state index contributed by atoms with van der Waals surface area (Å²) in [6.07, 6.45) is 0. The number of nitrogens with zero attached hydrogens (tertiary/aromatic N) is 1. The second kappa shape index (κ2) is 5.61. The van der Waals surface area contributed by atoms with Gasteiger partial charge in [-0.1, -0.05) is 25.9 Å². The van der Waals surface area contributed by atoms with E-state index in [9.17, 15) is 9.90 Å². The van der Waals surface area contributed by atoms with Crippen molar-refractivity contribution in [2.24, 2.45) is 0 Å². The fraction of sp³-hybridized carbons (Fsp3) is 0.500. The molecule has 0 saturated carbocycles. The van der Waals surface area contributed by atoms with E-state index in [0.717, 1.165) is 0 Å². The third kappa shape index (κ3) is 3.57. The van der Waals surface area contributed by atoms with Crippen LogP contribution >= 0.6 is 0 Å². The Kier molecular flexibility index (Phi) is 4.15. The monoisotopic (exact) mass is 306 g/mol. The first-order valence-corrected chi connectivity index (χ1v) is 7.14. The molecular formula is C16H22N2O4. The molecule has 2 rings (SSSR count). The molecule has 22 heavy (non-hydrogen) atoms. The number of hydrogen-bond acceptors (Lipinski definition) is 5. The average Bonchev–Trinajstić information content (AvgIpc) is 3.04. The summed E-state index contributed by atoms with van der Waals surface area (Å²) in [6.45, 7) is 9.30. The summed E-state index contributed by atoms with van der Waals surface area (Å²) in [7, 11) is 0. The molecule has 2 aromatic rings. The molecule has 0 bridgehead atoms. The van der Waals surface area contributed by atoms with Gasteiger partial charge in [-0.25, -0.2) is 0 Å². The Bertz CT molecular complexity index is 662. The number of aliphatic hydroxyl groups is 1. The van der Waals surface area contributed by atoms with Gasteiger partial charge in [-0.3, -0.25) is 4.79 Å². The SMILES string of the molecule is Cc1ccc(C(C)(O)CNC(=O)c2cc(C(C)(C)C)on2)o1. The predicted molar refractivity (Wildman–Crippen MR) is 80.6 cm³/mol. The fourth-order valence-electron chi connectivity index (χ4n) is 1.89. The van der Waals surface area contributed by atoms with Gasteiger partial charge < -0.3 is 19.4 Å². The number of amides is 1. The van der Waals surface area contributed by atoms with Crippen molar-refractivity contribution in [3.63, 3.8) is 0 Å². The first kappa shape index (κ1) is 16.3. The van der Waals surface area contributed by atoms with Crippen molar-refractivity contribution >= 4 is 5.91 Å². The van der Waals surface area contributed by atoms with Gasteiger partial charge in [0, 0.05) is 11.5 Å². The van der Waals surface area contributed by atoms with E-state index < -0.39 is 11.5 Å². The van der Waals surface area contributed by atoms with Crippen molar-refractivity contribution in [2.75, 3.05) is 6.54 Å². The lowest BCUT2D eigenvalue weighted by atomic mass is 9.93. The first-order chi connectivity index (χ1) is 10.1. The highest BCUT2D eigenvalue weighted by Crippen LogP contribution is 2.24. The molecule has 1 unspecified atom stereocenters. The average molecular weight is 306 g/mol. The highest BCUT2D eigenvalue weighted by molar-refractivity contribution is 5.92. The van der Waals surface area contributed by atoms with Gasteiger partial charge in [-0.15, -0.1) is 0 Å². The molecule has 0 spiro atoms. The van der Waals surface area contributed by atoms with Crippen molar-refractivity contribution < 1.29 is 18.8 Å². The van der Waals surface area contributed by atoms with Crippen LogP contribution in [0.1, 0.15) is 55.5 Å². The minimum Gasteiger partial charge on any atom is -0.463 e. The Morgan fingerprint density at radius 1 is 1.27 bits per heavy atom. The molecule has 6 nitrogen and oxygen atoms in total. The Balaban J connectivity index is 2.02.